The Morgan fingerprint density at radius 2 is 1.68 bits per heavy atom. The number of halogens is 3. The number of benzene rings is 2. The lowest BCUT2D eigenvalue weighted by molar-refractivity contribution is -0.274. The molecule has 2 aromatic carbocycles. The normalized spacial score (nSPS) is 10.9. The Bertz CT molecular complexity index is 794. The summed E-state index contributed by atoms with van der Waals surface area (Å²) < 4.78 is 40.2. The average molecular weight is 411 g/mol. The van der Waals surface area contributed by atoms with E-state index >= 15 is 0 Å². The molecular formula is C19H20F3N3O2S. The highest BCUT2D eigenvalue weighted by Crippen LogP contribution is 2.22. The van der Waals surface area contributed by atoms with Crippen LogP contribution >= 0.6 is 12.2 Å². The molecule has 0 bridgehead atoms. The molecule has 0 unspecified atom stereocenters. The van der Waals surface area contributed by atoms with Gasteiger partial charge in [0.15, 0.2) is 5.11 Å². The Morgan fingerprint density at radius 1 is 1.04 bits per heavy atom. The summed E-state index contributed by atoms with van der Waals surface area (Å²) in [6, 6.07) is 12.3. The van der Waals surface area contributed by atoms with Crippen LogP contribution in [0.1, 0.15) is 35.7 Å². The molecule has 0 radical (unpaired) electrons. The van der Waals surface area contributed by atoms with Crippen LogP contribution in [0.25, 0.3) is 0 Å². The van der Waals surface area contributed by atoms with Crippen LogP contribution in [-0.4, -0.2) is 17.4 Å². The molecule has 0 heterocycles. The predicted octanol–water partition coefficient (Wildman–Crippen LogP) is 4.56. The number of ether oxygens (including phenoxy) is 1. The fourth-order valence-corrected chi connectivity index (χ4v) is 2.46. The molecule has 0 saturated carbocycles. The highest BCUT2D eigenvalue weighted by atomic mass is 32.1. The van der Waals surface area contributed by atoms with Crippen molar-refractivity contribution >= 4 is 28.9 Å². The third-order valence-electron chi connectivity index (χ3n) is 3.67. The zero-order valence-electron chi connectivity index (χ0n) is 15.1. The molecule has 5 nitrogen and oxygen atoms in total. The minimum atomic E-state index is -4.78. The number of aryl methyl sites for hydroxylation is 1. The Morgan fingerprint density at radius 3 is 2.25 bits per heavy atom. The van der Waals surface area contributed by atoms with Gasteiger partial charge in [-0.15, -0.1) is 13.2 Å². The van der Waals surface area contributed by atoms with Crippen molar-refractivity contribution in [3.05, 3.63) is 59.7 Å². The second-order valence-electron chi connectivity index (χ2n) is 5.91. The summed E-state index contributed by atoms with van der Waals surface area (Å²) in [6.07, 6.45) is -1.51. The minimum absolute atomic E-state index is 0.144. The van der Waals surface area contributed by atoms with Gasteiger partial charge in [0.25, 0.3) is 5.91 Å². The molecule has 0 fully saturated rings. The van der Waals surface area contributed by atoms with E-state index in [1.807, 2.05) is 24.3 Å². The van der Waals surface area contributed by atoms with E-state index in [2.05, 4.69) is 27.8 Å². The number of hydrogen-bond donors (Lipinski definition) is 3. The number of anilines is 1. The van der Waals surface area contributed by atoms with Crippen LogP contribution in [0.4, 0.5) is 18.9 Å². The van der Waals surface area contributed by atoms with E-state index in [1.165, 1.54) is 17.7 Å². The molecule has 0 aromatic heterocycles. The van der Waals surface area contributed by atoms with Gasteiger partial charge in [-0.3, -0.25) is 15.6 Å². The van der Waals surface area contributed by atoms with Crippen LogP contribution in [0, 0.1) is 0 Å². The van der Waals surface area contributed by atoms with Crippen molar-refractivity contribution in [1.82, 2.24) is 10.9 Å². The maximum Gasteiger partial charge on any atom is 0.573 e. The van der Waals surface area contributed by atoms with Crippen LogP contribution in [0.3, 0.4) is 0 Å². The van der Waals surface area contributed by atoms with Gasteiger partial charge in [0.05, 0.1) is 0 Å². The standard InChI is InChI=1S/C19H20F3N3O2S/c1-2-3-4-13-5-9-15(10-6-13)23-18(28)25-24-17(26)14-7-11-16(12-8-14)27-19(20,21)22/h5-12H,2-4H2,1H3,(H,24,26)(H2,23,25,28). The molecule has 0 atom stereocenters. The number of hydrogen-bond acceptors (Lipinski definition) is 3. The Kier molecular flexibility index (Phi) is 7.62. The number of unbranched alkanes of at least 4 members (excludes halogenated alkanes) is 1. The SMILES string of the molecule is CCCCc1ccc(NC(=S)NNC(=O)c2ccc(OC(F)(F)F)cc2)cc1. The van der Waals surface area contributed by atoms with Gasteiger partial charge in [0, 0.05) is 11.3 Å². The summed E-state index contributed by atoms with van der Waals surface area (Å²) in [7, 11) is 0. The number of carbonyl (C=O) groups is 1. The van der Waals surface area contributed by atoms with E-state index in [4.69, 9.17) is 12.2 Å². The molecule has 2 aromatic rings. The van der Waals surface area contributed by atoms with Gasteiger partial charge in [-0.1, -0.05) is 25.5 Å². The van der Waals surface area contributed by atoms with Crippen molar-refractivity contribution in [2.24, 2.45) is 0 Å². The van der Waals surface area contributed by atoms with E-state index in [0.717, 1.165) is 37.1 Å². The lowest BCUT2D eigenvalue weighted by atomic mass is 10.1. The van der Waals surface area contributed by atoms with Gasteiger partial charge in [0.2, 0.25) is 0 Å². The summed E-state index contributed by atoms with van der Waals surface area (Å²) in [5, 5.41) is 3.10. The van der Waals surface area contributed by atoms with Gasteiger partial charge >= 0.3 is 6.36 Å². The van der Waals surface area contributed by atoms with Crippen LogP contribution < -0.4 is 20.9 Å². The quantitative estimate of drug-likeness (QED) is 0.481. The first-order valence-corrected chi connectivity index (χ1v) is 9.00. The second kappa shape index (κ2) is 9.93. The smallest absolute Gasteiger partial charge is 0.406 e. The van der Waals surface area contributed by atoms with Crippen LogP contribution in [0.5, 0.6) is 5.75 Å². The van der Waals surface area contributed by atoms with Gasteiger partial charge in [-0.25, -0.2) is 0 Å². The second-order valence-corrected chi connectivity index (χ2v) is 6.31. The first-order chi connectivity index (χ1) is 13.3. The molecule has 0 spiro atoms. The summed E-state index contributed by atoms with van der Waals surface area (Å²) >= 11 is 5.11. The summed E-state index contributed by atoms with van der Waals surface area (Å²) in [6.45, 7) is 2.14. The molecule has 2 rings (SSSR count). The molecule has 9 heteroatoms. The third-order valence-corrected chi connectivity index (χ3v) is 3.87. The van der Waals surface area contributed by atoms with Crippen molar-refractivity contribution in [1.29, 1.82) is 0 Å². The van der Waals surface area contributed by atoms with Gasteiger partial charge in [-0.2, -0.15) is 0 Å². The first kappa shape index (κ1) is 21.5. The molecule has 150 valence electrons. The van der Waals surface area contributed by atoms with E-state index < -0.39 is 18.0 Å². The van der Waals surface area contributed by atoms with Crippen molar-refractivity contribution in [2.45, 2.75) is 32.5 Å². The molecule has 28 heavy (non-hydrogen) atoms. The average Bonchev–Trinajstić information content (AvgIpc) is 2.65. The van der Waals surface area contributed by atoms with Crippen LogP contribution in [-0.2, 0) is 6.42 Å². The zero-order chi connectivity index (χ0) is 20.6. The van der Waals surface area contributed by atoms with Crippen LogP contribution in [0.2, 0.25) is 0 Å². The number of nitrogens with one attached hydrogen (secondary N) is 3. The largest absolute Gasteiger partial charge is 0.573 e. The molecule has 1 amide bonds. The van der Waals surface area contributed by atoms with E-state index in [1.54, 1.807) is 0 Å². The van der Waals surface area contributed by atoms with E-state index in [0.29, 0.717) is 0 Å². The number of thiocarbonyl (C=S) groups is 1. The van der Waals surface area contributed by atoms with Gasteiger partial charge in [0.1, 0.15) is 5.75 Å². The number of carbonyl (C=O) groups excluding carboxylic acids is 1. The maximum atomic E-state index is 12.1. The van der Waals surface area contributed by atoms with Gasteiger partial charge < -0.3 is 10.1 Å². The minimum Gasteiger partial charge on any atom is -0.406 e. The van der Waals surface area contributed by atoms with Crippen molar-refractivity contribution in [2.75, 3.05) is 5.32 Å². The Hall–Kier alpha value is -2.81. The van der Waals surface area contributed by atoms with E-state index in [9.17, 15) is 18.0 Å². The maximum absolute atomic E-state index is 12.1. The molecule has 0 aliphatic heterocycles. The molecular weight excluding hydrogens is 391 g/mol. The molecule has 0 aliphatic rings. The van der Waals surface area contributed by atoms with Crippen molar-refractivity contribution in [3.63, 3.8) is 0 Å². The summed E-state index contributed by atoms with van der Waals surface area (Å²) in [5.74, 6) is -0.964. The molecule has 0 aliphatic carbocycles. The number of amides is 1. The summed E-state index contributed by atoms with van der Waals surface area (Å²) in [5.41, 5.74) is 7.05. The Balaban J connectivity index is 1.81. The topological polar surface area (TPSA) is 62.4 Å². The van der Waals surface area contributed by atoms with Crippen molar-refractivity contribution < 1.29 is 22.7 Å². The lowest BCUT2D eigenvalue weighted by Gasteiger charge is -2.12. The molecule has 3 N–H and O–H groups in total. The first-order valence-electron chi connectivity index (χ1n) is 8.59. The van der Waals surface area contributed by atoms with E-state index in [-0.39, 0.29) is 10.7 Å². The number of rotatable bonds is 6. The Labute approximate surface area is 166 Å². The lowest BCUT2D eigenvalue weighted by Crippen LogP contribution is -2.43. The fourth-order valence-electron chi connectivity index (χ4n) is 2.29. The highest BCUT2D eigenvalue weighted by Gasteiger charge is 2.31. The monoisotopic (exact) mass is 411 g/mol. The highest BCUT2D eigenvalue weighted by molar-refractivity contribution is 7.80. The van der Waals surface area contributed by atoms with Gasteiger partial charge in [-0.05, 0) is 67.0 Å². The number of alkyl halides is 3. The zero-order valence-corrected chi connectivity index (χ0v) is 15.9. The fraction of sp³-hybridized carbons (Fsp3) is 0.263. The third kappa shape index (κ3) is 7.43. The van der Waals surface area contributed by atoms with Crippen molar-refractivity contribution in [3.8, 4) is 5.75 Å². The number of hydrazine groups is 1. The van der Waals surface area contributed by atoms with Crippen LogP contribution in [0.15, 0.2) is 48.5 Å². The predicted molar refractivity (Wildman–Crippen MR) is 105 cm³/mol. The molecule has 0 saturated heterocycles. The summed E-state index contributed by atoms with van der Waals surface area (Å²) in [4.78, 5) is 12.0.